The Labute approximate surface area is 208 Å². The Morgan fingerprint density at radius 3 is 2.63 bits per heavy atom. The second-order valence-corrected chi connectivity index (χ2v) is 11.7. The molecule has 1 aromatic heterocycles. The van der Waals surface area contributed by atoms with Crippen molar-refractivity contribution in [3.05, 3.63) is 77.6 Å². The van der Waals surface area contributed by atoms with Gasteiger partial charge in [-0.3, -0.25) is 4.98 Å². The minimum absolute atomic E-state index is 0.0582. The number of hydrogen-bond donors (Lipinski definition) is 1. The molecule has 0 aliphatic heterocycles. The summed E-state index contributed by atoms with van der Waals surface area (Å²) in [6.45, 7) is 5.00. The van der Waals surface area contributed by atoms with Crippen LogP contribution in [0.15, 0.2) is 66.5 Å². The van der Waals surface area contributed by atoms with Crippen LogP contribution in [0.3, 0.4) is 0 Å². The highest BCUT2D eigenvalue weighted by atomic mass is 16.5. The second-order valence-electron chi connectivity index (χ2n) is 11.7. The highest BCUT2D eigenvalue weighted by Crippen LogP contribution is 2.66. The summed E-state index contributed by atoms with van der Waals surface area (Å²) in [7, 11) is 0. The van der Waals surface area contributed by atoms with Crippen LogP contribution in [0.25, 0.3) is 5.57 Å². The second kappa shape index (κ2) is 8.36. The van der Waals surface area contributed by atoms with Crippen LogP contribution in [0.2, 0.25) is 0 Å². The molecule has 0 bridgehead atoms. The number of nitrogen functional groups attached to an aromatic ring is 1. The van der Waals surface area contributed by atoms with Gasteiger partial charge in [0.1, 0.15) is 6.10 Å². The van der Waals surface area contributed by atoms with Crippen molar-refractivity contribution in [1.29, 1.82) is 0 Å². The fourth-order valence-corrected chi connectivity index (χ4v) is 8.16. The van der Waals surface area contributed by atoms with Crippen molar-refractivity contribution < 1.29 is 9.53 Å². The number of esters is 1. The van der Waals surface area contributed by atoms with Gasteiger partial charge in [0.15, 0.2) is 0 Å². The number of nitrogens with zero attached hydrogens (tertiary/aromatic N) is 1. The number of para-hydroxylation sites is 1. The standard InChI is InChI=1S/C31H36N2O2/c1-30-15-13-22(35-29(34)24-7-3-4-8-28(24)32)18-21(30)9-10-23-26-12-11-25(20-6-5-17-33-19-20)31(26,2)16-14-27(23)30/h3-9,11,17,19,22-23,26-27H,10,12-16,18,32H2,1-2H3. The Hall–Kier alpha value is -2.88. The smallest absolute Gasteiger partial charge is 0.340 e. The number of pyridine rings is 1. The maximum Gasteiger partial charge on any atom is 0.340 e. The number of benzene rings is 1. The lowest BCUT2D eigenvalue weighted by Crippen LogP contribution is -2.50. The summed E-state index contributed by atoms with van der Waals surface area (Å²) in [6.07, 6.45) is 16.6. The van der Waals surface area contributed by atoms with E-state index in [1.165, 1.54) is 36.0 Å². The van der Waals surface area contributed by atoms with Gasteiger partial charge in [-0.1, -0.05) is 49.8 Å². The molecule has 1 aromatic carbocycles. The molecule has 6 rings (SSSR count). The quantitative estimate of drug-likeness (QED) is 0.304. The van der Waals surface area contributed by atoms with E-state index in [2.05, 4.69) is 43.1 Å². The monoisotopic (exact) mass is 468 g/mol. The molecule has 35 heavy (non-hydrogen) atoms. The molecule has 4 heteroatoms. The van der Waals surface area contributed by atoms with E-state index in [4.69, 9.17) is 10.5 Å². The van der Waals surface area contributed by atoms with E-state index < -0.39 is 0 Å². The molecule has 0 saturated heterocycles. The van der Waals surface area contributed by atoms with E-state index in [-0.39, 0.29) is 22.9 Å². The average Bonchev–Trinajstić information content (AvgIpc) is 3.22. The number of carbonyl (C=O) groups excluding carboxylic acids is 1. The van der Waals surface area contributed by atoms with Crippen molar-refractivity contribution in [1.82, 2.24) is 4.98 Å². The number of rotatable bonds is 3. The lowest BCUT2D eigenvalue weighted by Gasteiger charge is -2.57. The Balaban J connectivity index is 1.20. The normalized spacial score (nSPS) is 35.7. The van der Waals surface area contributed by atoms with Gasteiger partial charge < -0.3 is 10.5 Å². The summed E-state index contributed by atoms with van der Waals surface area (Å²) in [5, 5.41) is 0. The predicted molar refractivity (Wildman–Crippen MR) is 139 cm³/mol. The van der Waals surface area contributed by atoms with Gasteiger partial charge in [-0.25, -0.2) is 4.79 Å². The first kappa shape index (κ1) is 22.6. The van der Waals surface area contributed by atoms with E-state index in [1.54, 1.807) is 12.1 Å². The highest BCUT2D eigenvalue weighted by Gasteiger charge is 2.57. The fraction of sp³-hybridized carbons (Fsp3) is 0.484. The molecule has 4 aliphatic rings. The predicted octanol–water partition coefficient (Wildman–Crippen LogP) is 6.85. The van der Waals surface area contributed by atoms with Crippen LogP contribution in [0.1, 0.15) is 74.7 Å². The molecule has 0 radical (unpaired) electrons. The average molecular weight is 469 g/mol. The molecule has 2 saturated carbocycles. The zero-order chi connectivity index (χ0) is 24.2. The molecule has 0 amide bonds. The minimum Gasteiger partial charge on any atom is -0.458 e. The molecular weight excluding hydrogens is 432 g/mol. The van der Waals surface area contributed by atoms with Crippen molar-refractivity contribution >= 4 is 17.2 Å². The highest BCUT2D eigenvalue weighted by molar-refractivity contribution is 5.95. The van der Waals surface area contributed by atoms with Crippen LogP contribution < -0.4 is 5.73 Å². The van der Waals surface area contributed by atoms with Crippen molar-refractivity contribution in [3.8, 4) is 0 Å². The van der Waals surface area contributed by atoms with Gasteiger partial charge in [0.05, 0.1) is 5.56 Å². The van der Waals surface area contributed by atoms with Crippen LogP contribution in [-0.2, 0) is 4.74 Å². The molecule has 1 heterocycles. The van der Waals surface area contributed by atoms with Crippen molar-refractivity contribution in [2.45, 2.75) is 64.9 Å². The number of nitrogens with two attached hydrogens (primary N) is 1. The van der Waals surface area contributed by atoms with Crippen LogP contribution in [0.5, 0.6) is 0 Å². The molecule has 182 valence electrons. The first-order chi connectivity index (χ1) is 16.9. The fourth-order valence-electron chi connectivity index (χ4n) is 8.16. The van der Waals surface area contributed by atoms with E-state index >= 15 is 0 Å². The lowest BCUT2D eigenvalue weighted by atomic mass is 9.47. The zero-order valence-electron chi connectivity index (χ0n) is 20.9. The minimum atomic E-state index is -0.292. The van der Waals surface area contributed by atoms with E-state index in [9.17, 15) is 4.79 Å². The summed E-state index contributed by atoms with van der Waals surface area (Å²) in [5.74, 6) is 1.84. The zero-order valence-corrected chi connectivity index (χ0v) is 20.9. The van der Waals surface area contributed by atoms with Crippen LogP contribution in [0.4, 0.5) is 5.69 Å². The van der Waals surface area contributed by atoms with E-state index in [0.29, 0.717) is 23.1 Å². The molecular formula is C31H36N2O2. The topological polar surface area (TPSA) is 65.2 Å². The molecule has 4 nitrogen and oxygen atoms in total. The third kappa shape index (κ3) is 3.56. The number of carbonyl (C=O) groups is 1. The summed E-state index contributed by atoms with van der Waals surface area (Å²) in [4.78, 5) is 17.2. The Kier molecular flexibility index (Phi) is 5.39. The van der Waals surface area contributed by atoms with Gasteiger partial charge in [-0.05, 0) is 96.4 Å². The van der Waals surface area contributed by atoms with Gasteiger partial charge >= 0.3 is 5.97 Å². The number of anilines is 1. The number of fused-ring (bicyclic) bond motifs is 5. The van der Waals surface area contributed by atoms with Crippen LogP contribution >= 0.6 is 0 Å². The van der Waals surface area contributed by atoms with Gasteiger partial charge in [0.2, 0.25) is 0 Å². The Morgan fingerprint density at radius 1 is 1.00 bits per heavy atom. The third-order valence-corrected chi connectivity index (χ3v) is 10.1. The summed E-state index contributed by atoms with van der Waals surface area (Å²) in [6, 6.07) is 11.5. The SMILES string of the molecule is CC12CCC(OC(=O)c3ccccc3N)CC1=CCC1C2CCC2(C)C(c3cccnc3)=CCC12. The molecule has 6 unspecified atom stereocenters. The first-order valence-electron chi connectivity index (χ1n) is 13.3. The summed E-state index contributed by atoms with van der Waals surface area (Å²) in [5.41, 5.74) is 11.8. The lowest BCUT2D eigenvalue weighted by molar-refractivity contribution is -0.0306. The molecule has 4 aliphatic carbocycles. The number of hydrogen-bond acceptors (Lipinski definition) is 4. The van der Waals surface area contributed by atoms with Gasteiger partial charge in [0, 0.05) is 24.5 Å². The maximum absolute atomic E-state index is 12.8. The van der Waals surface area contributed by atoms with Crippen LogP contribution in [0, 0.1) is 28.6 Å². The molecule has 2 fully saturated rings. The molecule has 2 N–H and O–H groups in total. The van der Waals surface area contributed by atoms with Crippen molar-refractivity contribution in [3.63, 3.8) is 0 Å². The molecule has 6 atom stereocenters. The van der Waals surface area contributed by atoms with Crippen molar-refractivity contribution in [2.75, 3.05) is 5.73 Å². The number of ether oxygens (including phenoxy) is 1. The number of allylic oxidation sites excluding steroid dienone is 3. The Bertz CT molecular complexity index is 1200. The van der Waals surface area contributed by atoms with Gasteiger partial charge in [0.25, 0.3) is 0 Å². The third-order valence-electron chi connectivity index (χ3n) is 10.1. The Morgan fingerprint density at radius 2 is 1.83 bits per heavy atom. The first-order valence-corrected chi connectivity index (χ1v) is 13.3. The molecule has 0 spiro atoms. The summed E-state index contributed by atoms with van der Waals surface area (Å²) < 4.78 is 5.96. The summed E-state index contributed by atoms with van der Waals surface area (Å²) >= 11 is 0. The van der Waals surface area contributed by atoms with Gasteiger partial charge in [-0.15, -0.1) is 0 Å². The van der Waals surface area contributed by atoms with Gasteiger partial charge in [-0.2, -0.15) is 0 Å². The number of aromatic nitrogens is 1. The largest absolute Gasteiger partial charge is 0.458 e. The van der Waals surface area contributed by atoms with E-state index in [1.807, 2.05) is 24.5 Å². The molecule has 2 aromatic rings. The van der Waals surface area contributed by atoms with E-state index in [0.717, 1.165) is 31.6 Å². The van der Waals surface area contributed by atoms with Crippen molar-refractivity contribution in [2.24, 2.45) is 28.6 Å². The van der Waals surface area contributed by atoms with Crippen LogP contribution in [-0.4, -0.2) is 17.1 Å². The maximum atomic E-state index is 12.8.